The third kappa shape index (κ3) is 3.67. The topological polar surface area (TPSA) is 46.2 Å². The molecule has 0 radical (unpaired) electrons. The van der Waals surface area contributed by atoms with Crippen LogP contribution in [-0.4, -0.2) is 54.9 Å². The van der Waals surface area contributed by atoms with Gasteiger partial charge in [0.15, 0.2) is 0 Å². The molecule has 0 amide bonds. The number of ether oxygens (including phenoxy) is 5. The molecule has 0 unspecified atom stereocenters. The van der Waals surface area contributed by atoms with Crippen molar-refractivity contribution in [2.75, 3.05) is 0 Å². The van der Waals surface area contributed by atoms with Gasteiger partial charge in [-0.1, -0.05) is 0 Å². The maximum absolute atomic E-state index is 14.1. The van der Waals surface area contributed by atoms with Gasteiger partial charge >= 0.3 is 60.3 Å². The first-order chi connectivity index (χ1) is 14.0. The summed E-state index contributed by atoms with van der Waals surface area (Å²) >= 11 is 0. The second-order valence-electron chi connectivity index (χ2n) is 6.23. The SMILES string of the molecule is CC1(F)OC(F)(F)C2(C(F)(F)O1)C(F)(F)OC(F)(C(F)(F)OC(F)(F)C(F)(F)F)OC2(F)F. The summed E-state index contributed by atoms with van der Waals surface area (Å²) in [6, 6.07) is -12.0. The maximum Gasteiger partial charge on any atom is 0.483 e. The lowest BCUT2D eigenvalue weighted by Crippen LogP contribution is -2.83. The Balaban J connectivity index is 2.68. The molecule has 196 valence electrons. The molecule has 0 aromatic carbocycles. The van der Waals surface area contributed by atoms with E-state index < -0.39 is 67.2 Å². The predicted molar refractivity (Wildman–Crippen MR) is 56.9 cm³/mol. The second-order valence-corrected chi connectivity index (χ2v) is 6.23. The van der Waals surface area contributed by atoms with Gasteiger partial charge in [-0.15, -0.1) is 0 Å². The summed E-state index contributed by atoms with van der Waals surface area (Å²) < 4.78 is 239. The highest BCUT2D eigenvalue weighted by molar-refractivity contribution is 5.11. The summed E-state index contributed by atoms with van der Waals surface area (Å²) in [4.78, 5) is 0. The minimum atomic E-state index is -7.49. The van der Waals surface area contributed by atoms with Crippen LogP contribution in [0.3, 0.4) is 0 Å². The summed E-state index contributed by atoms with van der Waals surface area (Å²) in [5, 5.41) is 0. The van der Waals surface area contributed by atoms with E-state index in [2.05, 4.69) is 9.47 Å². The molecular formula is C11H3F17O5. The van der Waals surface area contributed by atoms with Crippen LogP contribution in [0.5, 0.6) is 0 Å². The van der Waals surface area contributed by atoms with Gasteiger partial charge in [-0.2, -0.15) is 74.6 Å². The number of rotatable bonds is 3. The van der Waals surface area contributed by atoms with Crippen LogP contribution in [0.15, 0.2) is 0 Å². The third-order valence-electron chi connectivity index (χ3n) is 3.82. The Morgan fingerprint density at radius 2 is 0.848 bits per heavy atom. The van der Waals surface area contributed by atoms with Crippen molar-refractivity contribution >= 4 is 0 Å². The van der Waals surface area contributed by atoms with E-state index in [0.717, 1.165) is 0 Å². The van der Waals surface area contributed by atoms with E-state index in [-0.39, 0.29) is 0 Å². The Labute approximate surface area is 167 Å². The Kier molecular flexibility index (Phi) is 5.60. The molecule has 0 aromatic rings. The van der Waals surface area contributed by atoms with Crippen LogP contribution < -0.4 is 0 Å². The monoisotopic (exact) mass is 538 g/mol. The summed E-state index contributed by atoms with van der Waals surface area (Å²) in [5.41, 5.74) is -7.22. The molecule has 2 saturated heterocycles. The molecule has 0 bridgehead atoms. The summed E-state index contributed by atoms with van der Waals surface area (Å²) in [7, 11) is 0. The van der Waals surface area contributed by atoms with Crippen LogP contribution in [0.25, 0.3) is 0 Å². The lowest BCUT2D eigenvalue weighted by atomic mass is 9.79. The van der Waals surface area contributed by atoms with Gasteiger partial charge in [0.25, 0.3) is 0 Å². The number of halogens is 17. The molecule has 5 nitrogen and oxygen atoms in total. The van der Waals surface area contributed by atoms with Crippen LogP contribution in [0, 0.1) is 5.41 Å². The normalized spacial score (nSPS) is 38.4. The first-order valence-electron chi connectivity index (χ1n) is 7.25. The van der Waals surface area contributed by atoms with Crippen LogP contribution in [0.2, 0.25) is 0 Å². The minimum absolute atomic E-state index is 0.525. The van der Waals surface area contributed by atoms with E-state index in [0.29, 0.717) is 0 Å². The highest BCUT2D eigenvalue weighted by Gasteiger charge is 3.01. The van der Waals surface area contributed by atoms with Gasteiger partial charge in [-0.05, 0) is 0 Å². The van der Waals surface area contributed by atoms with Gasteiger partial charge in [0.2, 0.25) is 0 Å². The van der Waals surface area contributed by atoms with Crippen molar-refractivity contribution in [2.45, 2.75) is 61.8 Å². The van der Waals surface area contributed by atoms with E-state index in [4.69, 9.17) is 0 Å². The number of alkyl halides is 17. The molecule has 0 N–H and O–H groups in total. The van der Waals surface area contributed by atoms with Crippen molar-refractivity contribution in [3.8, 4) is 0 Å². The van der Waals surface area contributed by atoms with E-state index in [9.17, 15) is 74.6 Å². The van der Waals surface area contributed by atoms with Crippen LogP contribution >= 0.6 is 0 Å². The molecule has 2 aliphatic heterocycles. The average Bonchev–Trinajstić information content (AvgIpc) is 2.35. The molecule has 22 heteroatoms. The van der Waals surface area contributed by atoms with Gasteiger partial charge in [0.05, 0.1) is 0 Å². The molecule has 2 fully saturated rings. The Morgan fingerprint density at radius 3 is 1.15 bits per heavy atom. The van der Waals surface area contributed by atoms with E-state index in [1.807, 2.05) is 9.47 Å². The van der Waals surface area contributed by atoms with Crippen LogP contribution in [0.1, 0.15) is 6.92 Å². The lowest BCUT2D eigenvalue weighted by molar-refractivity contribution is -0.702. The summed E-state index contributed by atoms with van der Waals surface area (Å²) in [5.74, 6) is 0. The average molecular weight is 538 g/mol. The molecule has 2 heterocycles. The molecule has 0 aromatic heterocycles. The molecule has 2 aliphatic rings. The maximum atomic E-state index is 14.1. The Hall–Kier alpha value is -1.39. The van der Waals surface area contributed by atoms with Gasteiger partial charge in [-0.3, -0.25) is 18.9 Å². The van der Waals surface area contributed by atoms with Crippen molar-refractivity contribution in [2.24, 2.45) is 5.41 Å². The smallest absolute Gasteiger partial charge is 0.258 e. The Bertz CT molecular complexity index is 749. The van der Waals surface area contributed by atoms with Crippen molar-refractivity contribution < 1.29 is 98.3 Å². The lowest BCUT2D eigenvalue weighted by Gasteiger charge is -2.57. The van der Waals surface area contributed by atoms with Crippen molar-refractivity contribution in [1.82, 2.24) is 0 Å². The predicted octanol–water partition coefficient (Wildman–Crippen LogP) is 5.47. The fraction of sp³-hybridized carbons (Fsp3) is 1.00. The molecule has 0 aliphatic carbocycles. The largest absolute Gasteiger partial charge is 0.483 e. The third-order valence-corrected chi connectivity index (χ3v) is 3.82. The minimum Gasteiger partial charge on any atom is -0.258 e. The van der Waals surface area contributed by atoms with Crippen LogP contribution in [-0.2, 0) is 23.7 Å². The van der Waals surface area contributed by atoms with Gasteiger partial charge in [-0.25, -0.2) is 4.74 Å². The number of hydrogen-bond donors (Lipinski definition) is 0. The van der Waals surface area contributed by atoms with Crippen molar-refractivity contribution in [3.05, 3.63) is 0 Å². The summed E-state index contributed by atoms with van der Waals surface area (Å²) in [6.07, 6.45) is -50.8. The fourth-order valence-electron chi connectivity index (χ4n) is 2.55. The highest BCUT2D eigenvalue weighted by Crippen LogP contribution is 2.73. The molecular weight excluding hydrogens is 535 g/mol. The molecule has 0 atom stereocenters. The first kappa shape index (κ1) is 27.9. The summed E-state index contributed by atoms with van der Waals surface area (Å²) in [6.45, 7) is -0.525. The van der Waals surface area contributed by atoms with E-state index in [1.54, 1.807) is 4.74 Å². The zero-order valence-corrected chi connectivity index (χ0v) is 14.5. The van der Waals surface area contributed by atoms with E-state index in [1.165, 1.54) is 0 Å². The van der Waals surface area contributed by atoms with Crippen LogP contribution in [0.4, 0.5) is 74.6 Å². The highest BCUT2D eigenvalue weighted by atomic mass is 19.4. The van der Waals surface area contributed by atoms with E-state index >= 15 is 0 Å². The molecule has 1 spiro atoms. The number of hydrogen-bond acceptors (Lipinski definition) is 5. The standard InChI is InChI=1S/C11H3F17O5/c1-2(12)29-5(16,17)3(6(18,19)30-2)7(20,21)32-11(28,33-8(3,22)23)10(26,27)31-9(24,25)4(13,14)15/h1H3. The molecule has 2 rings (SSSR count). The first-order valence-corrected chi connectivity index (χ1v) is 7.25. The fourth-order valence-corrected chi connectivity index (χ4v) is 2.55. The van der Waals surface area contributed by atoms with Gasteiger partial charge in [0.1, 0.15) is 0 Å². The quantitative estimate of drug-likeness (QED) is 0.447. The van der Waals surface area contributed by atoms with Crippen molar-refractivity contribution in [3.63, 3.8) is 0 Å². The van der Waals surface area contributed by atoms with Crippen molar-refractivity contribution in [1.29, 1.82) is 0 Å². The molecule has 33 heavy (non-hydrogen) atoms. The molecule has 0 saturated carbocycles. The van der Waals surface area contributed by atoms with Gasteiger partial charge < -0.3 is 0 Å². The zero-order chi connectivity index (χ0) is 26.5. The van der Waals surface area contributed by atoms with Gasteiger partial charge in [0, 0.05) is 6.92 Å². The second kappa shape index (κ2) is 6.63. The Morgan fingerprint density at radius 1 is 0.545 bits per heavy atom. The zero-order valence-electron chi connectivity index (χ0n) is 14.5.